The van der Waals surface area contributed by atoms with Gasteiger partial charge in [-0.1, -0.05) is 36.1 Å². The van der Waals surface area contributed by atoms with E-state index in [1.807, 2.05) is 24.3 Å². The van der Waals surface area contributed by atoms with E-state index in [0.717, 1.165) is 41.6 Å². The van der Waals surface area contributed by atoms with Gasteiger partial charge in [-0.2, -0.15) is 0 Å². The SMILES string of the molecule is COc1ccc(CN(C(=O)CSC(=S)N2CCCC2)c2cc(OC)c(OC)c(OC)c2)cc1. The summed E-state index contributed by atoms with van der Waals surface area (Å²) in [6.07, 6.45) is 2.29. The number of benzene rings is 2. The smallest absolute Gasteiger partial charge is 0.237 e. The van der Waals surface area contributed by atoms with Crippen LogP contribution in [-0.4, -0.2) is 62.4 Å². The summed E-state index contributed by atoms with van der Waals surface area (Å²) in [5.74, 6) is 2.38. The summed E-state index contributed by atoms with van der Waals surface area (Å²) in [7, 11) is 6.29. The summed E-state index contributed by atoms with van der Waals surface area (Å²) in [6.45, 7) is 2.30. The third-order valence-electron chi connectivity index (χ3n) is 5.45. The van der Waals surface area contributed by atoms with Crippen molar-refractivity contribution in [3.63, 3.8) is 0 Å². The van der Waals surface area contributed by atoms with Gasteiger partial charge in [0.25, 0.3) is 0 Å². The molecule has 0 N–H and O–H groups in total. The van der Waals surface area contributed by atoms with Gasteiger partial charge in [-0.05, 0) is 30.5 Å². The van der Waals surface area contributed by atoms with Crippen LogP contribution >= 0.6 is 24.0 Å². The van der Waals surface area contributed by atoms with Crippen molar-refractivity contribution in [2.75, 3.05) is 52.2 Å². The van der Waals surface area contributed by atoms with Gasteiger partial charge < -0.3 is 28.7 Å². The third kappa shape index (κ3) is 6.23. The first-order valence-electron chi connectivity index (χ1n) is 10.7. The van der Waals surface area contributed by atoms with Gasteiger partial charge in [0, 0.05) is 25.2 Å². The van der Waals surface area contributed by atoms with Crippen molar-refractivity contribution >= 4 is 39.9 Å². The second-order valence-electron chi connectivity index (χ2n) is 7.46. The molecule has 1 saturated heterocycles. The summed E-state index contributed by atoms with van der Waals surface area (Å²) in [4.78, 5) is 17.3. The Morgan fingerprint density at radius 3 is 2.09 bits per heavy atom. The van der Waals surface area contributed by atoms with E-state index in [9.17, 15) is 4.79 Å². The Balaban J connectivity index is 1.88. The zero-order valence-electron chi connectivity index (χ0n) is 19.5. The van der Waals surface area contributed by atoms with E-state index in [1.165, 1.54) is 11.8 Å². The van der Waals surface area contributed by atoms with Crippen molar-refractivity contribution in [2.24, 2.45) is 0 Å². The number of thiocarbonyl (C=S) groups is 1. The Kier molecular flexibility index (Phi) is 9.08. The van der Waals surface area contributed by atoms with E-state index in [-0.39, 0.29) is 11.7 Å². The molecule has 0 saturated carbocycles. The van der Waals surface area contributed by atoms with Crippen molar-refractivity contribution in [1.29, 1.82) is 0 Å². The normalized spacial score (nSPS) is 12.9. The Hall–Kier alpha value is -2.65. The topological polar surface area (TPSA) is 60.5 Å². The van der Waals surface area contributed by atoms with E-state index in [0.29, 0.717) is 29.5 Å². The van der Waals surface area contributed by atoms with Crippen LogP contribution in [0.5, 0.6) is 23.0 Å². The maximum Gasteiger partial charge on any atom is 0.237 e. The predicted molar refractivity (Wildman–Crippen MR) is 136 cm³/mol. The fourth-order valence-corrected chi connectivity index (χ4v) is 4.78. The van der Waals surface area contributed by atoms with Gasteiger partial charge >= 0.3 is 0 Å². The standard InChI is InChI=1S/C24H30N2O5S2/c1-28-19-9-7-17(8-10-19)15-26(22(27)16-33-24(32)25-11-5-6-12-25)18-13-20(29-2)23(31-4)21(14-18)30-3/h7-10,13-14H,5-6,11-12,15-16H2,1-4H3. The number of amides is 1. The lowest BCUT2D eigenvalue weighted by Crippen LogP contribution is -2.33. The Labute approximate surface area is 204 Å². The molecule has 2 aromatic rings. The van der Waals surface area contributed by atoms with E-state index in [4.69, 9.17) is 31.2 Å². The predicted octanol–water partition coefficient (Wildman–Crippen LogP) is 4.37. The summed E-state index contributed by atoms with van der Waals surface area (Å²) in [6, 6.07) is 11.2. The Morgan fingerprint density at radius 1 is 0.970 bits per heavy atom. The number of rotatable bonds is 9. The summed E-state index contributed by atoms with van der Waals surface area (Å²) in [5, 5.41) is 0. The molecule has 178 valence electrons. The molecule has 1 fully saturated rings. The van der Waals surface area contributed by atoms with Gasteiger partial charge in [0.1, 0.15) is 10.1 Å². The van der Waals surface area contributed by atoms with E-state index in [1.54, 1.807) is 45.5 Å². The van der Waals surface area contributed by atoms with Crippen molar-refractivity contribution in [1.82, 2.24) is 4.90 Å². The van der Waals surface area contributed by atoms with E-state index >= 15 is 0 Å². The molecule has 0 aliphatic carbocycles. The van der Waals surface area contributed by atoms with Crippen molar-refractivity contribution in [3.05, 3.63) is 42.0 Å². The van der Waals surface area contributed by atoms with Crippen LogP contribution in [0.15, 0.2) is 36.4 Å². The molecule has 0 aromatic heterocycles. The monoisotopic (exact) mass is 490 g/mol. The number of ether oxygens (including phenoxy) is 4. The number of methoxy groups -OCH3 is 4. The molecule has 3 rings (SSSR count). The molecule has 1 amide bonds. The minimum Gasteiger partial charge on any atom is -0.497 e. The van der Waals surface area contributed by atoms with Gasteiger partial charge in [-0.3, -0.25) is 4.79 Å². The first-order chi connectivity index (χ1) is 16.0. The first-order valence-corrected chi connectivity index (χ1v) is 12.0. The van der Waals surface area contributed by atoms with Crippen molar-refractivity contribution in [3.8, 4) is 23.0 Å². The molecule has 0 spiro atoms. The minimum absolute atomic E-state index is 0.0633. The maximum absolute atomic E-state index is 13.4. The zero-order valence-corrected chi connectivity index (χ0v) is 21.1. The van der Waals surface area contributed by atoms with Crippen LogP contribution in [0.4, 0.5) is 5.69 Å². The number of thioether (sulfide) groups is 1. The van der Waals surface area contributed by atoms with Crippen LogP contribution in [0.25, 0.3) is 0 Å². The molecule has 0 bridgehead atoms. The van der Waals surface area contributed by atoms with E-state index in [2.05, 4.69) is 4.90 Å². The molecule has 0 atom stereocenters. The summed E-state index contributed by atoms with van der Waals surface area (Å²) < 4.78 is 22.5. The number of likely N-dealkylation sites (tertiary alicyclic amines) is 1. The number of carbonyl (C=O) groups is 1. The highest BCUT2D eigenvalue weighted by Crippen LogP contribution is 2.41. The largest absolute Gasteiger partial charge is 0.497 e. The van der Waals surface area contributed by atoms with Crippen molar-refractivity contribution in [2.45, 2.75) is 19.4 Å². The van der Waals surface area contributed by atoms with Gasteiger partial charge in [0.15, 0.2) is 11.5 Å². The maximum atomic E-state index is 13.4. The molecule has 2 aromatic carbocycles. The fourth-order valence-electron chi connectivity index (χ4n) is 3.65. The number of hydrogen-bond acceptors (Lipinski definition) is 7. The number of nitrogens with zero attached hydrogens (tertiary/aromatic N) is 2. The quantitative estimate of drug-likeness (QED) is 0.481. The molecule has 0 unspecified atom stereocenters. The van der Waals surface area contributed by atoms with Gasteiger partial charge in [-0.15, -0.1) is 0 Å². The van der Waals surface area contributed by atoms with Crippen LogP contribution in [0.3, 0.4) is 0 Å². The number of hydrogen-bond donors (Lipinski definition) is 0. The average molecular weight is 491 g/mol. The molecule has 1 aliphatic heterocycles. The molecule has 1 heterocycles. The van der Waals surface area contributed by atoms with Gasteiger partial charge in [0.05, 0.1) is 46.4 Å². The zero-order chi connectivity index (χ0) is 23.8. The molecule has 9 heteroatoms. The number of anilines is 1. The van der Waals surface area contributed by atoms with Crippen molar-refractivity contribution < 1.29 is 23.7 Å². The lowest BCUT2D eigenvalue weighted by molar-refractivity contribution is -0.116. The van der Waals surface area contributed by atoms with Crippen LogP contribution in [-0.2, 0) is 11.3 Å². The van der Waals surface area contributed by atoms with Crippen LogP contribution in [0.2, 0.25) is 0 Å². The van der Waals surface area contributed by atoms with Gasteiger partial charge in [-0.25, -0.2) is 0 Å². The van der Waals surface area contributed by atoms with Crippen LogP contribution in [0, 0.1) is 0 Å². The second kappa shape index (κ2) is 12.0. The molecular formula is C24H30N2O5S2. The fraction of sp³-hybridized carbons (Fsp3) is 0.417. The van der Waals surface area contributed by atoms with Gasteiger partial charge in [0.2, 0.25) is 11.7 Å². The molecule has 1 aliphatic rings. The molecular weight excluding hydrogens is 460 g/mol. The molecule has 33 heavy (non-hydrogen) atoms. The van der Waals surface area contributed by atoms with Crippen LogP contribution in [0.1, 0.15) is 18.4 Å². The Morgan fingerprint density at radius 2 is 1.58 bits per heavy atom. The minimum atomic E-state index is -0.0633. The average Bonchev–Trinajstić information content (AvgIpc) is 3.40. The lowest BCUT2D eigenvalue weighted by Gasteiger charge is -2.26. The molecule has 0 radical (unpaired) electrons. The first kappa shape index (κ1) is 25.0. The van der Waals surface area contributed by atoms with E-state index < -0.39 is 0 Å². The third-order valence-corrected chi connectivity index (χ3v) is 6.95. The Bertz CT molecular complexity index is 937. The molecule has 7 nitrogen and oxygen atoms in total. The second-order valence-corrected chi connectivity index (χ2v) is 9.07. The lowest BCUT2D eigenvalue weighted by atomic mass is 10.1. The summed E-state index contributed by atoms with van der Waals surface area (Å²) >= 11 is 6.96. The summed E-state index contributed by atoms with van der Waals surface area (Å²) in [5.41, 5.74) is 1.61. The highest BCUT2D eigenvalue weighted by molar-refractivity contribution is 8.23. The highest BCUT2D eigenvalue weighted by atomic mass is 32.2. The highest BCUT2D eigenvalue weighted by Gasteiger charge is 2.23. The number of carbonyl (C=O) groups excluding carboxylic acids is 1. The van der Waals surface area contributed by atoms with Crippen LogP contribution < -0.4 is 23.8 Å².